The SMILES string of the molecule is CNC[C@@H]1C[C@H]1c1ccc(OC)cn1. The normalized spacial score (nSPS) is 24.7. The van der Waals surface area contributed by atoms with Gasteiger partial charge in [-0.1, -0.05) is 0 Å². The molecule has 1 aliphatic rings. The summed E-state index contributed by atoms with van der Waals surface area (Å²) in [6.07, 6.45) is 3.06. The first-order valence-electron chi connectivity index (χ1n) is 4.99. The molecule has 76 valence electrons. The number of hydrogen-bond acceptors (Lipinski definition) is 3. The summed E-state index contributed by atoms with van der Waals surface area (Å²) in [6, 6.07) is 4.05. The van der Waals surface area contributed by atoms with Crippen LogP contribution in [0.1, 0.15) is 18.0 Å². The van der Waals surface area contributed by atoms with E-state index in [0.717, 1.165) is 18.2 Å². The van der Waals surface area contributed by atoms with Crippen LogP contribution < -0.4 is 10.1 Å². The van der Waals surface area contributed by atoms with Crippen molar-refractivity contribution < 1.29 is 4.74 Å². The summed E-state index contributed by atoms with van der Waals surface area (Å²) in [4.78, 5) is 4.39. The first-order valence-corrected chi connectivity index (χ1v) is 4.99. The van der Waals surface area contributed by atoms with E-state index in [-0.39, 0.29) is 0 Å². The Hall–Kier alpha value is -1.09. The summed E-state index contributed by atoms with van der Waals surface area (Å²) in [5.74, 6) is 2.27. The third kappa shape index (κ3) is 1.87. The van der Waals surface area contributed by atoms with Gasteiger partial charge in [-0.05, 0) is 38.1 Å². The lowest BCUT2D eigenvalue weighted by Gasteiger charge is -2.01. The highest BCUT2D eigenvalue weighted by molar-refractivity contribution is 5.25. The van der Waals surface area contributed by atoms with Gasteiger partial charge in [-0.3, -0.25) is 4.98 Å². The number of hydrogen-bond donors (Lipinski definition) is 1. The van der Waals surface area contributed by atoms with Crippen molar-refractivity contribution in [3.8, 4) is 5.75 Å². The van der Waals surface area contributed by atoms with E-state index >= 15 is 0 Å². The Morgan fingerprint density at radius 3 is 3.00 bits per heavy atom. The summed E-state index contributed by atoms with van der Waals surface area (Å²) < 4.78 is 5.07. The molecule has 0 amide bonds. The highest BCUT2D eigenvalue weighted by atomic mass is 16.5. The minimum absolute atomic E-state index is 0.661. The molecule has 2 atom stereocenters. The van der Waals surface area contributed by atoms with Gasteiger partial charge in [0.1, 0.15) is 5.75 Å². The number of rotatable bonds is 4. The van der Waals surface area contributed by atoms with Crippen LogP contribution >= 0.6 is 0 Å². The number of pyridine rings is 1. The van der Waals surface area contributed by atoms with Crippen LogP contribution in [0.3, 0.4) is 0 Å². The van der Waals surface area contributed by atoms with Gasteiger partial charge >= 0.3 is 0 Å². The van der Waals surface area contributed by atoms with Gasteiger partial charge in [0.15, 0.2) is 0 Å². The minimum Gasteiger partial charge on any atom is -0.495 e. The number of nitrogens with one attached hydrogen (secondary N) is 1. The third-order valence-electron chi connectivity index (χ3n) is 2.76. The van der Waals surface area contributed by atoms with Crippen molar-refractivity contribution in [3.05, 3.63) is 24.0 Å². The van der Waals surface area contributed by atoms with E-state index in [1.165, 1.54) is 12.1 Å². The molecule has 1 saturated carbocycles. The fraction of sp³-hybridized carbons (Fsp3) is 0.545. The molecule has 0 radical (unpaired) electrons. The molecule has 0 spiro atoms. The van der Waals surface area contributed by atoms with Crippen LogP contribution in [0, 0.1) is 5.92 Å². The van der Waals surface area contributed by atoms with Crippen LogP contribution in [0.15, 0.2) is 18.3 Å². The zero-order chi connectivity index (χ0) is 9.97. The maximum Gasteiger partial charge on any atom is 0.137 e. The molecule has 0 saturated heterocycles. The monoisotopic (exact) mass is 192 g/mol. The second kappa shape index (κ2) is 3.96. The molecule has 0 unspecified atom stereocenters. The van der Waals surface area contributed by atoms with Gasteiger partial charge in [-0.2, -0.15) is 0 Å². The third-order valence-corrected chi connectivity index (χ3v) is 2.76. The van der Waals surface area contributed by atoms with Crippen molar-refractivity contribution in [3.63, 3.8) is 0 Å². The molecule has 1 fully saturated rings. The van der Waals surface area contributed by atoms with Crippen LogP contribution in [0.25, 0.3) is 0 Å². The Labute approximate surface area is 84.5 Å². The van der Waals surface area contributed by atoms with E-state index in [4.69, 9.17) is 4.74 Å². The first kappa shape index (κ1) is 9.46. The molecule has 1 heterocycles. The first-order chi connectivity index (χ1) is 6.85. The molecule has 0 aromatic carbocycles. The molecule has 14 heavy (non-hydrogen) atoms. The fourth-order valence-electron chi connectivity index (χ4n) is 1.83. The number of nitrogens with zero attached hydrogens (tertiary/aromatic N) is 1. The molecular formula is C11H16N2O. The van der Waals surface area contributed by atoms with Gasteiger partial charge in [-0.15, -0.1) is 0 Å². The standard InChI is InChI=1S/C11H16N2O/c1-12-6-8-5-10(8)11-4-3-9(14-2)7-13-11/h3-4,7-8,10,12H,5-6H2,1-2H3/t8-,10+/m0/s1. The lowest BCUT2D eigenvalue weighted by Crippen LogP contribution is -2.10. The molecule has 1 aromatic heterocycles. The number of aromatic nitrogens is 1. The summed E-state index contributed by atoms with van der Waals surface area (Å²) >= 11 is 0. The highest BCUT2D eigenvalue weighted by Crippen LogP contribution is 2.46. The molecule has 1 N–H and O–H groups in total. The topological polar surface area (TPSA) is 34.1 Å². The summed E-state index contributed by atoms with van der Waals surface area (Å²) in [5.41, 5.74) is 1.20. The average molecular weight is 192 g/mol. The highest BCUT2D eigenvalue weighted by Gasteiger charge is 2.38. The average Bonchev–Trinajstić information content (AvgIpc) is 2.98. The zero-order valence-corrected chi connectivity index (χ0v) is 8.66. The molecule has 3 nitrogen and oxygen atoms in total. The van der Waals surface area contributed by atoms with Gasteiger partial charge in [0.05, 0.1) is 13.3 Å². The van der Waals surface area contributed by atoms with Gasteiger partial charge in [0, 0.05) is 11.6 Å². The van der Waals surface area contributed by atoms with Crippen LogP contribution in [0.2, 0.25) is 0 Å². The molecule has 0 aliphatic heterocycles. The van der Waals surface area contributed by atoms with Crippen molar-refractivity contribution in [2.75, 3.05) is 20.7 Å². The quantitative estimate of drug-likeness (QED) is 0.783. The lowest BCUT2D eigenvalue weighted by atomic mass is 10.2. The number of methoxy groups -OCH3 is 1. The Kier molecular flexibility index (Phi) is 2.68. The molecule has 3 heteroatoms. The summed E-state index contributed by atoms with van der Waals surface area (Å²) in [5, 5.41) is 3.20. The second-order valence-electron chi connectivity index (χ2n) is 3.78. The predicted octanol–water partition coefficient (Wildman–Crippen LogP) is 1.41. The van der Waals surface area contributed by atoms with Crippen molar-refractivity contribution in [1.82, 2.24) is 10.3 Å². The number of ether oxygens (including phenoxy) is 1. The van der Waals surface area contributed by atoms with E-state index in [9.17, 15) is 0 Å². The van der Waals surface area contributed by atoms with Gasteiger partial charge in [-0.25, -0.2) is 0 Å². The van der Waals surface area contributed by atoms with Crippen molar-refractivity contribution in [2.24, 2.45) is 5.92 Å². The van der Waals surface area contributed by atoms with E-state index in [1.807, 2.05) is 13.1 Å². The van der Waals surface area contributed by atoms with Crippen LogP contribution in [-0.2, 0) is 0 Å². The largest absolute Gasteiger partial charge is 0.495 e. The Morgan fingerprint density at radius 2 is 2.43 bits per heavy atom. The zero-order valence-electron chi connectivity index (χ0n) is 8.66. The van der Waals surface area contributed by atoms with Gasteiger partial charge < -0.3 is 10.1 Å². The van der Waals surface area contributed by atoms with E-state index < -0.39 is 0 Å². The van der Waals surface area contributed by atoms with Crippen LogP contribution in [0.5, 0.6) is 5.75 Å². The lowest BCUT2D eigenvalue weighted by molar-refractivity contribution is 0.412. The van der Waals surface area contributed by atoms with Crippen molar-refractivity contribution in [1.29, 1.82) is 0 Å². The fourth-order valence-corrected chi connectivity index (χ4v) is 1.83. The predicted molar refractivity (Wildman–Crippen MR) is 55.6 cm³/mol. The molecule has 0 bridgehead atoms. The summed E-state index contributed by atoms with van der Waals surface area (Å²) in [6.45, 7) is 1.10. The van der Waals surface area contributed by atoms with E-state index in [1.54, 1.807) is 13.3 Å². The second-order valence-corrected chi connectivity index (χ2v) is 3.78. The Balaban J connectivity index is 1.98. The molecular weight excluding hydrogens is 176 g/mol. The Morgan fingerprint density at radius 1 is 1.57 bits per heavy atom. The minimum atomic E-state index is 0.661. The molecule has 2 rings (SSSR count). The maximum atomic E-state index is 5.07. The van der Waals surface area contributed by atoms with Crippen molar-refractivity contribution in [2.45, 2.75) is 12.3 Å². The molecule has 1 aromatic rings. The van der Waals surface area contributed by atoms with Crippen LogP contribution in [0.4, 0.5) is 0 Å². The summed E-state index contributed by atoms with van der Waals surface area (Å²) in [7, 11) is 3.66. The Bertz CT molecular complexity index is 297. The smallest absolute Gasteiger partial charge is 0.137 e. The maximum absolute atomic E-state index is 5.07. The van der Waals surface area contributed by atoms with E-state index in [2.05, 4.69) is 16.4 Å². The van der Waals surface area contributed by atoms with Crippen LogP contribution in [-0.4, -0.2) is 25.7 Å². The van der Waals surface area contributed by atoms with Gasteiger partial charge in [0.2, 0.25) is 0 Å². The van der Waals surface area contributed by atoms with Crippen molar-refractivity contribution >= 4 is 0 Å². The van der Waals surface area contributed by atoms with Gasteiger partial charge in [0.25, 0.3) is 0 Å². The van der Waals surface area contributed by atoms with E-state index in [0.29, 0.717) is 5.92 Å². The molecule has 1 aliphatic carbocycles.